The van der Waals surface area contributed by atoms with Crippen LogP contribution in [-0.2, 0) is 17.7 Å². The van der Waals surface area contributed by atoms with Crippen molar-refractivity contribution in [3.63, 3.8) is 0 Å². The predicted molar refractivity (Wildman–Crippen MR) is 79.1 cm³/mol. The largest absolute Gasteiger partial charge is 0.404 e. The fraction of sp³-hybridized carbons (Fsp3) is 0.800. The summed E-state index contributed by atoms with van der Waals surface area (Å²) in [5.74, 6) is 0. The SMILES string of the molecule is CCc1nocc1CN(C)CCC(N1CCOCC1)C(F)(F)F. The highest BCUT2D eigenvalue weighted by atomic mass is 19.4. The molecule has 8 heteroatoms. The fourth-order valence-corrected chi connectivity index (χ4v) is 2.86. The van der Waals surface area contributed by atoms with Crippen molar-refractivity contribution in [2.75, 3.05) is 39.9 Å². The molecule has 132 valence electrons. The second kappa shape index (κ2) is 8.12. The van der Waals surface area contributed by atoms with E-state index in [1.807, 2.05) is 18.9 Å². The van der Waals surface area contributed by atoms with E-state index in [2.05, 4.69) is 5.16 Å². The number of ether oxygens (including phenoxy) is 1. The van der Waals surface area contributed by atoms with Gasteiger partial charge in [-0.1, -0.05) is 12.1 Å². The Bertz CT molecular complexity index is 473. The summed E-state index contributed by atoms with van der Waals surface area (Å²) >= 11 is 0. The maximum Gasteiger partial charge on any atom is 0.404 e. The molecule has 2 heterocycles. The summed E-state index contributed by atoms with van der Waals surface area (Å²) in [5.41, 5.74) is 1.79. The topological polar surface area (TPSA) is 41.7 Å². The zero-order valence-electron chi connectivity index (χ0n) is 13.6. The lowest BCUT2D eigenvalue weighted by molar-refractivity contribution is -0.194. The molecule has 0 amide bonds. The van der Waals surface area contributed by atoms with Crippen molar-refractivity contribution < 1.29 is 22.4 Å². The third-order valence-electron chi connectivity index (χ3n) is 4.15. The standard InChI is InChI=1S/C15H24F3N3O2/c1-3-13-12(11-23-19-13)10-20(2)5-4-14(15(16,17)18)21-6-8-22-9-7-21/h11,14H,3-10H2,1-2H3. The van der Waals surface area contributed by atoms with Crippen LogP contribution in [0.15, 0.2) is 10.8 Å². The first-order valence-electron chi connectivity index (χ1n) is 7.91. The Balaban J connectivity index is 1.89. The number of aryl methyl sites for hydroxylation is 1. The number of hydrogen-bond acceptors (Lipinski definition) is 5. The molecule has 1 unspecified atom stereocenters. The van der Waals surface area contributed by atoms with E-state index in [0.717, 1.165) is 17.7 Å². The molecule has 1 aliphatic heterocycles. The third kappa shape index (κ3) is 5.19. The molecule has 2 rings (SSSR count). The molecule has 0 bridgehead atoms. The van der Waals surface area contributed by atoms with E-state index in [4.69, 9.17) is 9.26 Å². The van der Waals surface area contributed by atoms with Gasteiger partial charge in [-0.15, -0.1) is 0 Å². The van der Waals surface area contributed by atoms with Crippen molar-refractivity contribution in [3.05, 3.63) is 17.5 Å². The summed E-state index contributed by atoms with van der Waals surface area (Å²) in [7, 11) is 1.82. The minimum Gasteiger partial charge on any atom is -0.379 e. The maximum absolute atomic E-state index is 13.3. The lowest BCUT2D eigenvalue weighted by Gasteiger charge is -2.36. The van der Waals surface area contributed by atoms with Gasteiger partial charge in [0.25, 0.3) is 0 Å². The molecule has 0 saturated carbocycles. The summed E-state index contributed by atoms with van der Waals surface area (Å²) in [4.78, 5) is 3.36. The predicted octanol–water partition coefficient (Wildman–Crippen LogP) is 2.32. The summed E-state index contributed by atoms with van der Waals surface area (Å²) < 4.78 is 50.1. The van der Waals surface area contributed by atoms with Crippen molar-refractivity contribution in [2.45, 2.75) is 38.5 Å². The van der Waals surface area contributed by atoms with Gasteiger partial charge in [-0.2, -0.15) is 13.2 Å². The van der Waals surface area contributed by atoms with Gasteiger partial charge in [0.1, 0.15) is 12.3 Å². The molecule has 1 aromatic heterocycles. The first-order valence-corrected chi connectivity index (χ1v) is 7.91. The summed E-state index contributed by atoms with van der Waals surface area (Å²) in [6.07, 6.45) is -1.85. The van der Waals surface area contributed by atoms with Gasteiger partial charge >= 0.3 is 6.18 Å². The van der Waals surface area contributed by atoms with E-state index in [0.29, 0.717) is 39.4 Å². The molecule has 1 saturated heterocycles. The van der Waals surface area contributed by atoms with E-state index in [1.165, 1.54) is 4.90 Å². The van der Waals surface area contributed by atoms with E-state index < -0.39 is 12.2 Å². The fourth-order valence-electron chi connectivity index (χ4n) is 2.86. The Morgan fingerprint density at radius 3 is 2.65 bits per heavy atom. The van der Waals surface area contributed by atoms with Gasteiger partial charge in [-0.3, -0.25) is 4.90 Å². The molecule has 0 aromatic carbocycles. The average Bonchev–Trinajstić information content (AvgIpc) is 2.94. The van der Waals surface area contributed by atoms with Crippen LogP contribution in [-0.4, -0.2) is 67.1 Å². The molecule has 1 aliphatic rings. The van der Waals surface area contributed by atoms with Crippen LogP contribution < -0.4 is 0 Å². The van der Waals surface area contributed by atoms with Crippen LogP contribution >= 0.6 is 0 Å². The molecule has 0 aliphatic carbocycles. The number of morpholine rings is 1. The highest BCUT2D eigenvalue weighted by Crippen LogP contribution is 2.28. The van der Waals surface area contributed by atoms with Crippen molar-refractivity contribution in [1.82, 2.24) is 15.0 Å². The molecule has 23 heavy (non-hydrogen) atoms. The number of aromatic nitrogens is 1. The molecule has 1 atom stereocenters. The summed E-state index contributed by atoms with van der Waals surface area (Å²) in [5, 5.41) is 3.89. The summed E-state index contributed by atoms with van der Waals surface area (Å²) in [6.45, 7) is 4.26. The Labute approximate surface area is 134 Å². The van der Waals surface area contributed by atoms with Crippen LogP contribution in [0.1, 0.15) is 24.6 Å². The average molecular weight is 335 g/mol. The zero-order valence-corrected chi connectivity index (χ0v) is 13.6. The van der Waals surface area contributed by atoms with Crippen LogP contribution in [0.4, 0.5) is 13.2 Å². The third-order valence-corrected chi connectivity index (χ3v) is 4.15. The van der Waals surface area contributed by atoms with E-state index in [-0.39, 0.29) is 6.42 Å². The number of alkyl halides is 3. The Morgan fingerprint density at radius 1 is 1.35 bits per heavy atom. The monoisotopic (exact) mass is 335 g/mol. The number of halogens is 3. The van der Waals surface area contributed by atoms with E-state index in [1.54, 1.807) is 6.26 Å². The molecular formula is C15H24F3N3O2. The Morgan fingerprint density at radius 2 is 2.04 bits per heavy atom. The van der Waals surface area contributed by atoms with Gasteiger partial charge in [0.15, 0.2) is 0 Å². The zero-order chi connectivity index (χ0) is 16.9. The van der Waals surface area contributed by atoms with Gasteiger partial charge in [0, 0.05) is 31.7 Å². The molecule has 0 N–H and O–H groups in total. The van der Waals surface area contributed by atoms with Crippen molar-refractivity contribution >= 4 is 0 Å². The smallest absolute Gasteiger partial charge is 0.379 e. The molecule has 0 radical (unpaired) electrons. The molecule has 0 spiro atoms. The van der Waals surface area contributed by atoms with Crippen LogP contribution in [0, 0.1) is 0 Å². The van der Waals surface area contributed by atoms with Crippen LogP contribution in [0.3, 0.4) is 0 Å². The summed E-state index contributed by atoms with van der Waals surface area (Å²) in [6, 6.07) is -1.41. The number of nitrogens with zero attached hydrogens (tertiary/aromatic N) is 3. The molecular weight excluding hydrogens is 311 g/mol. The van der Waals surface area contributed by atoms with Gasteiger partial charge in [-0.25, -0.2) is 0 Å². The van der Waals surface area contributed by atoms with Gasteiger partial charge < -0.3 is 14.2 Å². The van der Waals surface area contributed by atoms with Crippen molar-refractivity contribution in [2.24, 2.45) is 0 Å². The molecule has 5 nitrogen and oxygen atoms in total. The van der Waals surface area contributed by atoms with Gasteiger partial charge in [0.05, 0.1) is 18.9 Å². The lowest BCUT2D eigenvalue weighted by atomic mass is 10.1. The van der Waals surface area contributed by atoms with Crippen molar-refractivity contribution in [3.8, 4) is 0 Å². The quantitative estimate of drug-likeness (QED) is 0.765. The molecule has 1 fully saturated rings. The van der Waals surface area contributed by atoms with Crippen LogP contribution in [0.2, 0.25) is 0 Å². The number of rotatable bonds is 7. The first kappa shape index (κ1) is 18.2. The maximum atomic E-state index is 13.3. The Kier molecular flexibility index (Phi) is 6.43. The first-order chi connectivity index (χ1) is 10.9. The second-order valence-corrected chi connectivity index (χ2v) is 5.87. The molecule has 1 aromatic rings. The second-order valence-electron chi connectivity index (χ2n) is 5.87. The highest BCUT2D eigenvalue weighted by molar-refractivity contribution is 5.14. The van der Waals surface area contributed by atoms with E-state index in [9.17, 15) is 13.2 Å². The highest BCUT2D eigenvalue weighted by Gasteiger charge is 2.43. The lowest BCUT2D eigenvalue weighted by Crippen LogP contribution is -2.51. The number of hydrogen-bond donors (Lipinski definition) is 0. The van der Waals surface area contributed by atoms with Crippen LogP contribution in [0.5, 0.6) is 0 Å². The van der Waals surface area contributed by atoms with Gasteiger partial charge in [0.2, 0.25) is 0 Å². The van der Waals surface area contributed by atoms with Crippen molar-refractivity contribution in [1.29, 1.82) is 0 Å². The minimum absolute atomic E-state index is 0.0484. The Hall–Kier alpha value is -1.12. The minimum atomic E-state index is -4.22. The van der Waals surface area contributed by atoms with Gasteiger partial charge in [-0.05, 0) is 19.9 Å². The van der Waals surface area contributed by atoms with E-state index >= 15 is 0 Å². The van der Waals surface area contributed by atoms with Crippen LogP contribution in [0.25, 0.3) is 0 Å². The normalized spacial score (nSPS) is 18.5.